The van der Waals surface area contributed by atoms with Gasteiger partial charge < -0.3 is 0 Å². The molecule has 2 aromatic carbocycles. The number of halogens is 1. The van der Waals surface area contributed by atoms with Crippen molar-refractivity contribution in [2.45, 2.75) is 26.3 Å². The van der Waals surface area contributed by atoms with E-state index >= 15 is 0 Å². The molecular formula is C16H19FN2. The van der Waals surface area contributed by atoms with Gasteiger partial charge >= 0.3 is 0 Å². The maximum absolute atomic E-state index is 13.2. The number of hydrazine groups is 1. The summed E-state index contributed by atoms with van der Waals surface area (Å²) in [7, 11) is 0. The Hall–Kier alpha value is -1.71. The summed E-state index contributed by atoms with van der Waals surface area (Å²) < 4.78 is 13.2. The largest absolute Gasteiger partial charge is 0.271 e. The fourth-order valence-corrected chi connectivity index (χ4v) is 2.32. The Labute approximate surface area is 113 Å². The molecule has 0 fully saturated rings. The lowest BCUT2D eigenvalue weighted by atomic mass is 9.94. The predicted octanol–water partition coefficient (Wildman–Crippen LogP) is 3.25. The van der Waals surface area contributed by atoms with Crippen LogP contribution in [0.1, 0.15) is 35.2 Å². The topological polar surface area (TPSA) is 38.0 Å². The number of rotatable bonds is 4. The van der Waals surface area contributed by atoms with Crippen molar-refractivity contribution in [1.29, 1.82) is 0 Å². The van der Waals surface area contributed by atoms with Gasteiger partial charge in [-0.1, -0.05) is 37.3 Å². The van der Waals surface area contributed by atoms with Gasteiger partial charge in [-0.25, -0.2) is 9.82 Å². The van der Waals surface area contributed by atoms with E-state index in [1.54, 1.807) is 6.07 Å². The average molecular weight is 258 g/mol. The molecule has 0 bridgehead atoms. The van der Waals surface area contributed by atoms with Gasteiger partial charge in [0.2, 0.25) is 0 Å². The SMILES string of the molecule is CCc1cccc(C(NN)c2ccc(F)cc2C)c1. The molecule has 19 heavy (non-hydrogen) atoms. The van der Waals surface area contributed by atoms with Gasteiger partial charge in [-0.3, -0.25) is 5.84 Å². The van der Waals surface area contributed by atoms with Crippen LogP contribution in [0.5, 0.6) is 0 Å². The molecular weight excluding hydrogens is 239 g/mol. The highest BCUT2D eigenvalue weighted by Gasteiger charge is 2.15. The Balaban J connectivity index is 2.43. The highest BCUT2D eigenvalue weighted by molar-refractivity contribution is 5.38. The van der Waals surface area contributed by atoms with Crippen molar-refractivity contribution in [3.63, 3.8) is 0 Å². The van der Waals surface area contributed by atoms with Crippen molar-refractivity contribution in [1.82, 2.24) is 5.43 Å². The first-order valence-corrected chi connectivity index (χ1v) is 6.46. The number of aryl methyl sites for hydroxylation is 2. The van der Waals surface area contributed by atoms with E-state index in [9.17, 15) is 4.39 Å². The Kier molecular flexibility index (Phi) is 4.30. The molecule has 0 aliphatic heterocycles. The monoisotopic (exact) mass is 258 g/mol. The Morgan fingerprint density at radius 1 is 1.21 bits per heavy atom. The third-order valence-electron chi connectivity index (χ3n) is 3.40. The summed E-state index contributed by atoms with van der Waals surface area (Å²) in [6.45, 7) is 4.01. The van der Waals surface area contributed by atoms with Gasteiger partial charge in [0.05, 0.1) is 6.04 Å². The quantitative estimate of drug-likeness (QED) is 0.652. The molecule has 0 radical (unpaired) electrons. The first-order chi connectivity index (χ1) is 9.15. The van der Waals surface area contributed by atoms with Crippen molar-refractivity contribution in [3.05, 3.63) is 70.5 Å². The molecule has 0 aromatic heterocycles. The minimum atomic E-state index is -0.223. The van der Waals surface area contributed by atoms with E-state index in [-0.39, 0.29) is 11.9 Å². The van der Waals surface area contributed by atoms with Crippen LogP contribution in [0.3, 0.4) is 0 Å². The Morgan fingerprint density at radius 3 is 2.63 bits per heavy atom. The highest BCUT2D eigenvalue weighted by Crippen LogP contribution is 2.25. The van der Waals surface area contributed by atoms with Crippen molar-refractivity contribution < 1.29 is 4.39 Å². The van der Waals surface area contributed by atoms with Gasteiger partial charge in [0.25, 0.3) is 0 Å². The fourth-order valence-electron chi connectivity index (χ4n) is 2.32. The van der Waals surface area contributed by atoms with Gasteiger partial charge in [0, 0.05) is 0 Å². The van der Waals surface area contributed by atoms with E-state index in [1.165, 1.54) is 17.7 Å². The van der Waals surface area contributed by atoms with Crippen LogP contribution < -0.4 is 11.3 Å². The lowest BCUT2D eigenvalue weighted by Crippen LogP contribution is -2.29. The summed E-state index contributed by atoms with van der Waals surface area (Å²) in [6, 6.07) is 13.0. The van der Waals surface area contributed by atoms with Gasteiger partial charge in [-0.2, -0.15) is 0 Å². The second-order valence-corrected chi connectivity index (χ2v) is 4.70. The number of nitrogens with two attached hydrogens (primary N) is 1. The molecule has 0 aliphatic rings. The lowest BCUT2D eigenvalue weighted by molar-refractivity contribution is 0.611. The highest BCUT2D eigenvalue weighted by atomic mass is 19.1. The molecule has 0 aliphatic carbocycles. The van der Waals surface area contributed by atoms with Crippen LogP contribution in [0.15, 0.2) is 42.5 Å². The molecule has 2 nitrogen and oxygen atoms in total. The molecule has 1 unspecified atom stereocenters. The van der Waals surface area contributed by atoms with Gasteiger partial charge in [0.1, 0.15) is 5.82 Å². The zero-order valence-corrected chi connectivity index (χ0v) is 11.3. The van der Waals surface area contributed by atoms with Crippen LogP contribution in [0.4, 0.5) is 4.39 Å². The smallest absolute Gasteiger partial charge is 0.123 e. The number of hydrogen-bond donors (Lipinski definition) is 2. The summed E-state index contributed by atoms with van der Waals surface area (Å²) in [5, 5.41) is 0. The van der Waals surface area contributed by atoms with Crippen LogP contribution in [0.2, 0.25) is 0 Å². The minimum Gasteiger partial charge on any atom is -0.271 e. The predicted molar refractivity (Wildman–Crippen MR) is 76.1 cm³/mol. The minimum absolute atomic E-state index is 0.118. The second kappa shape index (κ2) is 5.95. The molecule has 0 amide bonds. The van der Waals surface area contributed by atoms with Crippen LogP contribution in [0, 0.1) is 12.7 Å². The van der Waals surface area contributed by atoms with Gasteiger partial charge in [-0.15, -0.1) is 0 Å². The van der Waals surface area contributed by atoms with Crippen LogP contribution >= 0.6 is 0 Å². The molecule has 3 heteroatoms. The molecule has 0 spiro atoms. The molecule has 0 saturated heterocycles. The fraction of sp³-hybridized carbons (Fsp3) is 0.250. The average Bonchev–Trinajstić information content (AvgIpc) is 2.42. The number of hydrogen-bond acceptors (Lipinski definition) is 2. The number of nitrogens with one attached hydrogen (secondary N) is 1. The van der Waals surface area contributed by atoms with Crippen LogP contribution in [-0.4, -0.2) is 0 Å². The van der Waals surface area contributed by atoms with Crippen molar-refractivity contribution in [2.24, 2.45) is 5.84 Å². The van der Waals surface area contributed by atoms with E-state index in [0.29, 0.717) is 0 Å². The summed E-state index contributed by atoms with van der Waals surface area (Å²) in [6.07, 6.45) is 0.980. The molecule has 3 N–H and O–H groups in total. The second-order valence-electron chi connectivity index (χ2n) is 4.70. The molecule has 1 atom stereocenters. The molecule has 0 heterocycles. The summed E-state index contributed by atoms with van der Waals surface area (Å²) in [5.41, 5.74) is 7.07. The maximum atomic E-state index is 13.2. The van der Waals surface area contributed by atoms with Crippen molar-refractivity contribution >= 4 is 0 Å². The third-order valence-corrected chi connectivity index (χ3v) is 3.40. The Bertz CT molecular complexity index is 566. The lowest BCUT2D eigenvalue weighted by Gasteiger charge is -2.19. The number of benzene rings is 2. The van der Waals surface area contributed by atoms with Crippen LogP contribution in [0.25, 0.3) is 0 Å². The maximum Gasteiger partial charge on any atom is 0.123 e. The Morgan fingerprint density at radius 2 is 2.00 bits per heavy atom. The molecule has 2 aromatic rings. The van der Waals surface area contributed by atoms with Gasteiger partial charge in [-0.05, 0) is 47.7 Å². The first-order valence-electron chi connectivity index (χ1n) is 6.46. The van der Waals surface area contributed by atoms with E-state index in [0.717, 1.165) is 23.1 Å². The molecule has 100 valence electrons. The normalized spacial score (nSPS) is 12.4. The zero-order chi connectivity index (χ0) is 13.8. The van der Waals surface area contributed by atoms with E-state index in [4.69, 9.17) is 5.84 Å². The van der Waals surface area contributed by atoms with E-state index in [1.807, 2.05) is 19.1 Å². The summed E-state index contributed by atoms with van der Waals surface area (Å²) in [4.78, 5) is 0. The summed E-state index contributed by atoms with van der Waals surface area (Å²) in [5.74, 6) is 5.47. The molecule has 2 rings (SSSR count). The standard InChI is InChI=1S/C16H19FN2/c1-3-12-5-4-6-13(10-12)16(19-18)15-8-7-14(17)9-11(15)2/h4-10,16,19H,3,18H2,1-2H3. The molecule has 0 saturated carbocycles. The zero-order valence-electron chi connectivity index (χ0n) is 11.3. The van der Waals surface area contributed by atoms with Crippen molar-refractivity contribution in [3.8, 4) is 0 Å². The third kappa shape index (κ3) is 3.00. The van der Waals surface area contributed by atoms with Gasteiger partial charge in [0.15, 0.2) is 0 Å². The first kappa shape index (κ1) is 13.7. The summed E-state index contributed by atoms with van der Waals surface area (Å²) >= 11 is 0. The van der Waals surface area contributed by atoms with Crippen molar-refractivity contribution in [2.75, 3.05) is 0 Å². The van der Waals surface area contributed by atoms with E-state index in [2.05, 4.69) is 24.5 Å². The van der Waals surface area contributed by atoms with E-state index < -0.39 is 0 Å². The van der Waals surface area contributed by atoms with Crippen LogP contribution in [-0.2, 0) is 6.42 Å².